The molecule has 118 valence electrons. The van der Waals surface area contributed by atoms with E-state index >= 15 is 0 Å². The zero-order valence-electron chi connectivity index (χ0n) is 13.2. The normalized spacial score (nSPS) is 17.4. The van der Waals surface area contributed by atoms with Crippen LogP contribution < -0.4 is 5.32 Å². The van der Waals surface area contributed by atoms with Crippen LogP contribution in [-0.4, -0.2) is 61.4 Å². The molecule has 6 heteroatoms. The first-order valence-corrected chi connectivity index (χ1v) is 7.00. The lowest BCUT2D eigenvalue weighted by atomic mass is 9.94. The Morgan fingerprint density at radius 2 is 1.55 bits per heavy atom. The van der Waals surface area contributed by atoms with Crippen molar-refractivity contribution in [3.05, 3.63) is 0 Å². The highest BCUT2D eigenvalue weighted by Crippen LogP contribution is 2.19. The molecule has 1 aliphatic heterocycles. The number of nitrogens with one attached hydrogen (secondary N) is 1. The summed E-state index contributed by atoms with van der Waals surface area (Å²) in [7, 11) is 1.85. The summed E-state index contributed by atoms with van der Waals surface area (Å²) in [6, 6.07) is 0. The lowest BCUT2D eigenvalue weighted by molar-refractivity contribution is -0.146. The van der Waals surface area contributed by atoms with Crippen molar-refractivity contribution in [2.45, 2.75) is 27.7 Å². The number of hydrogen-bond donors (Lipinski definition) is 1. The number of hydrogen-bond acceptors (Lipinski definition) is 3. The van der Waals surface area contributed by atoms with Gasteiger partial charge in [0.15, 0.2) is 0 Å². The van der Waals surface area contributed by atoms with E-state index in [4.69, 9.17) is 0 Å². The number of halogens is 1. The highest BCUT2D eigenvalue weighted by molar-refractivity contribution is 5.85. The zero-order valence-corrected chi connectivity index (χ0v) is 14.0. The Kier molecular flexibility index (Phi) is 7.52. The number of piperazine rings is 1. The number of nitrogens with zero attached hydrogens (tertiary/aromatic N) is 2. The molecule has 1 saturated heterocycles. The van der Waals surface area contributed by atoms with E-state index in [1.807, 2.05) is 44.5 Å². The fraction of sp³-hybridized carbons (Fsp3) is 0.857. The van der Waals surface area contributed by atoms with E-state index in [1.165, 1.54) is 0 Å². The summed E-state index contributed by atoms with van der Waals surface area (Å²) < 4.78 is 0. The van der Waals surface area contributed by atoms with Gasteiger partial charge in [-0.15, -0.1) is 12.4 Å². The molecule has 1 N–H and O–H groups in total. The summed E-state index contributed by atoms with van der Waals surface area (Å²) >= 11 is 0. The van der Waals surface area contributed by atoms with Gasteiger partial charge in [-0.05, 0) is 7.05 Å². The van der Waals surface area contributed by atoms with E-state index in [0.29, 0.717) is 32.7 Å². The summed E-state index contributed by atoms with van der Waals surface area (Å²) in [5.41, 5.74) is -0.342. The number of carbonyl (C=O) groups is 2. The van der Waals surface area contributed by atoms with Gasteiger partial charge < -0.3 is 15.1 Å². The van der Waals surface area contributed by atoms with Crippen LogP contribution in [0.4, 0.5) is 0 Å². The molecular weight excluding hydrogens is 278 g/mol. The molecule has 2 amide bonds. The molecule has 0 saturated carbocycles. The van der Waals surface area contributed by atoms with Crippen molar-refractivity contribution < 1.29 is 9.59 Å². The largest absolute Gasteiger partial charge is 0.339 e. The molecule has 1 fully saturated rings. The van der Waals surface area contributed by atoms with E-state index in [0.717, 1.165) is 0 Å². The maximum atomic E-state index is 12.1. The van der Waals surface area contributed by atoms with Crippen molar-refractivity contribution in [3.8, 4) is 0 Å². The van der Waals surface area contributed by atoms with Gasteiger partial charge in [0, 0.05) is 44.1 Å². The van der Waals surface area contributed by atoms with Gasteiger partial charge in [0.05, 0.1) is 0 Å². The van der Waals surface area contributed by atoms with E-state index in [-0.39, 0.29) is 35.6 Å². The summed E-state index contributed by atoms with van der Waals surface area (Å²) in [6.07, 6.45) is 0. The molecule has 0 aromatic rings. The van der Waals surface area contributed by atoms with Gasteiger partial charge in [-0.3, -0.25) is 9.59 Å². The zero-order chi connectivity index (χ0) is 14.6. The predicted molar refractivity (Wildman–Crippen MR) is 83.0 cm³/mol. The minimum absolute atomic E-state index is 0. The van der Waals surface area contributed by atoms with Crippen LogP contribution in [0.25, 0.3) is 0 Å². The van der Waals surface area contributed by atoms with Crippen LogP contribution in [0.5, 0.6) is 0 Å². The molecule has 1 rings (SSSR count). The summed E-state index contributed by atoms with van der Waals surface area (Å²) in [4.78, 5) is 28.0. The highest BCUT2D eigenvalue weighted by atomic mass is 35.5. The molecule has 0 radical (unpaired) electrons. The van der Waals surface area contributed by atoms with E-state index in [1.54, 1.807) is 0 Å². The van der Waals surface area contributed by atoms with Crippen LogP contribution in [0.15, 0.2) is 0 Å². The van der Waals surface area contributed by atoms with Crippen LogP contribution in [0.2, 0.25) is 0 Å². The van der Waals surface area contributed by atoms with E-state index < -0.39 is 0 Å². The third kappa shape index (κ3) is 4.94. The Morgan fingerprint density at radius 3 is 1.95 bits per heavy atom. The standard InChI is InChI=1S/C14H27N3O2.ClH/c1-11(10-15-5)12(18)16-6-8-17(9-7-16)13(19)14(2,3)4;/h11,15H,6-10H2,1-5H3;1H. The molecule has 0 bridgehead atoms. The molecule has 5 nitrogen and oxygen atoms in total. The van der Waals surface area contributed by atoms with Crippen molar-refractivity contribution in [1.29, 1.82) is 0 Å². The minimum Gasteiger partial charge on any atom is -0.339 e. The van der Waals surface area contributed by atoms with Gasteiger partial charge in [0.25, 0.3) is 0 Å². The fourth-order valence-corrected chi connectivity index (χ4v) is 2.31. The molecular formula is C14H28ClN3O2. The topological polar surface area (TPSA) is 52.7 Å². The minimum atomic E-state index is -0.342. The summed E-state index contributed by atoms with van der Waals surface area (Å²) in [5, 5.41) is 3.02. The SMILES string of the molecule is CNCC(C)C(=O)N1CCN(C(=O)C(C)(C)C)CC1.Cl. The fourth-order valence-electron chi connectivity index (χ4n) is 2.31. The van der Waals surface area contributed by atoms with Crippen LogP contribution in [0.3, 0.4) is 0 Å². The number of amides is 2. The predicted octanol–water partition coefficient (Wildman–Crippen LogP) is 0.981. The Balaban J connectivity index is 0.00000361. The second-order valence-corrected chi connectivity index (χ2v) is 6.33. The second-order valence-electron chi connectivity index (χ2n) is 6.33. The first-order chi connectivity index (χ1) is 8.77. The van der Waals surface area contributed by atoms with E-state index in [2.05, 4.69) is 5.32 Å². The lowest BCUT2D eigenvalue weighted by Crippen LogP contribution is -2.54. The van der Waals surface area contributed by atoms with Gasteiger partial charge in [0.1, 0.15) is 0 Å². The Bertz CT molecular complexity index is 334. The van der Waals surface area contributed by atoms with Gasteiger partial charge >= 0.3 is 0 Å². The summed E-state index contributed by atoms with van der Waals surface area (Å²) in [6.45, 7) is 11.0. The molecule has 20 heavy (non-hydrogen) atoms. The Labute approximate surface area is 128 Å². The maximum Gasteiger partial charge on any atom is 0.228 e. The lowest BCUT2D eigenvalue weighted by Gasteiger charge is -2.38. The molecule has 0 aromatic carbocycles. The second kappa shape index (κ2) is 7.84. The van der Waals surface area contributed by atoms with Crippen molar-refractivity contribution in [1.82, 2.24) is 15.1 Å². The van der Waals surface area contributed by atoms with Crippen LogP contribution in [-0.2, 0) is 9.59 Å². The molecule has 1 unspecified atom stereocenters. The Morgan fingerprint density at radius 1 is 1.10 bits per heavy atom. The molecule has 1 aliphatic rings. The monoisotopic (exact) mass is 305 g/mol. The highest BCUT2D eigenvalue weighted by Gasteiger charge is 2.31. The van der Waals surface area contributed by atoms with Gasteiger partial charge in [-0.1, -0.05) is 27.7 Å². The smallest absolute Gasteiger partial charge is 0.228 e. The van der Waals surface area contributed by atoms with Crippen molar-refractivity contribution >= 4 is 24.2 Å². The molecule has 0 spiro atoms. The molecule has 0 aliphatic carbocycles. The van der Waals surface area contributed by atoms with Gasteiger partial charge in [0.2, 0.25) is 11.8 Å². The number of rotatable bonds is 3. The van der Waals surface area contributed by atoms with Gasteiger partial charge in [-0.2, -0.15) is 0 Å². The quantitative estimate of drug-likeness (QED) is 0.846. The van der Waals surface area contributed by atoms with Crippen LogP contribution in [0, 0.1) is 11.3 Å². The first kappa shape index (κ1) is 19.2. The maximum absolute atomic E-state index is 12.1. The molecule has 0 aromatic heterocycles. The van der Waals surface area contributed by atoms with Crippen LogP contribution >= 0.6 is 12.4 Å². The third-order valence-electron chi connectivity index (χ3n) is 3.45. The van der Waals surface area contributed by atoms with Gasteiger partial charge in [-0.25, -0.2) is 0 Å². The summed E-state index contributed by atoms with van der Waals surface area (Å²) in [5.74, 6) is 0.343. The van der Waals surface area contributed by atoms with Crippen molar-refractivity contribution in [2.24, 2.45) is 11.3 Å². The van der Waals surface area contributed by atoms with Crippen molar-refractivity contribution in [3.63, 3.8) is 0 Å². The number of carbonyl (C=O) groups excluding carboxylic acids is 2. The average molecular weight is 306 g/mol. The molecule has 1 atom stereocenters. The van der Waals surface area contributed by atoms with Crippen LogP contribution in [0.1, 0.15) is 27.7 Å². The first-order valence-electron chi connectivity index (χ1n) is 7.00. The van der Waals surface area contributed by atoms with Crippen molar-refractivity contribution in [2.75, 3.05) is 39.8 Å². The Hall–Kier alpha value is -0.810. The third-order valence-corrected chi connectivity index (χ3v) is 3.45. The molecule has 1 heterocycles. The van der Waals surface area contributed by atoms with E-state index in [9.17, 15) is 9.59 Å². The average Bonchev–Trinajstić information content (AvgIpc) is 2.36.